The highest BCUT2D eigenvalue weighted by atomic mass is 35.5. The zero-order chi connectivity index (χ0) is 22.6. The average Bonchev–Trinajstić information content (AvgIpc) is 2.76. The number of sulfonamides is 1. The molecular formula is C21H22ClFN2O5S. The molecule has 2 aromatic carbocycles. The number of hydrogen-bond acceptors (Lipinski definition) is 5. The van der Waals surface area contributed by atoms with E-state index in [1.54, 1.807) is 6.92 Å². The van der Waals surface area contributed by atoms with Crippen LogP contribution in [0, 0.1) is 11.7 Å². The lowest BCUT2D eigenvalue weighted by molar-refractivity contribution is -0.120. The molecule has 0 unspecified atom stereocenters. The number of amides is 1. The van der Waals surface area contributed by atoms with E-state index in [1.165, 1.54) is 40.7 Å². The van der Waals surface area contributed by atoms with Crippen LogP contribution >= 0.6 is 11.6 Å². The van der Waals surface area contributed by atoms with E-state index < -0.39 is 27.7 Å². The lowest BCUT2D eigenvalue weighted by Crippen LogP contribution is -2.41. The van der Waals surface area contributed by atoms with Crippen LogP contribution in [0.1, 0.15) is 30.1 Å². The number of ether oxygens (including phenoxy) is 1. The maximum Gasteiger partial charge on any atom is 0.338 e. The van der Waals surface area contributed by atoms with Crippen molar-refractivity contribution in [2.75, 3.05) is 25.0 Å². The standard InChI is InChI=1S/C21H22ClFN2O5S/c1-2-30-21(27)15-3-6-17(7-4-15)31(28,29)25-11-9-14(10-12-25)20(26)24-19-8-5-16(23)13-18(19)22/h3-8,13-14H,2,9-12H2,1H3,(H,24,26). The third kappa shape index (κ3) is 5.41. The van der Waals surface area contributed by atoms with Gasteiger partial charge in [-0.3, -0.25) is 4.79 Å². The van der Waals surface area contributed by atoms with Crippen molar-refractivity contribution in [3.8, 4) is 0 Å². The molecule has 0 radical (unpaired) electrons. The van der Waals surface area contributed by atoms with Crippen LogP contribution in [0.3, 0.4) is 0 Å². The lowest BCUT2D eigenvalue weighted by Gasteiger charge is -2.30. The van der Waals surface area contributed by atoms with Gasteiger partial charge in [0.1, 0.15) is 5.82 Å². The van der Waals surface area contributed by atoms with Gasteiger partial charge >= 0.3 is 5.97 Å². The number of nitrogens with one attached hydrogen (secondary N) is 1. The molecule has 1 saturated heterocycles. The van der Waals surface area contributed by atoms with Gasteiger partial charge in [0.15, 0.2) is 0 Å². The fraction of sp³-hybridized carbons (Fsp3) is 0.333. The summed E-state index contributed by atoms with van der Waals surface area (Å²) in [4.78, 5) is 24.3. The molecule has 1 N–H and O–H groups in total. The van der Waals surface area contributed by atoms with Gasteiger partial charge in [-0.1, -0.05) is 11.6 Å². The second kappa shape index (κ2) is 9.76. The summed E-state index contributed by atoms with van der Waals surface area (Å²) in [6, 6.07) is 9.27. The van der Waals surface area contributed by atoms with Crippen LogP contribution in [0.4, 0.5) is 10.1 Å². The molecule has 31 heavy (non-hydrogen) atoms. The van der Waals surface area contributed by atoms with E-state index in [4.69, 9.17) is 16.3 Å². The first-order valence-corrected chi connectivity index (χ1v) is 11.6. The van der Waals surface area contributed by atoms with Crippen molar-refractivity contribution in [1.29, 1.82) is 0 Å². The number of anilines is 1. The van der Waals surface area contributed by atoms with Gasteiger partial charge in [0.25, 0.3) is 0 Å². The molecule has 0 spiro atoms. The molecule has 0 bridgehead atoms. The Morgan fingerprint density at radius 1 is 1.16 bits per heavy atom. The Morgan fingerprint density at radius 2 is 1.81 bits per heavy atom. The van der Waals surface area contributed by atoms with Gasteiger partial charge in [0.05, 0.1) is 27.8 Å². The van der Waals surface area contributed by atoms with Gasteiger partial charge in [-0.15, -0.1) is 0 Å². The predicted molar refractivity (Wildman–Crippen MR) is 114 cm³/mol. The molecule has 1 aliphatic heterocycles. The molecule has 3 rings (SSSR count). The zero-order valence-electron chi connectivity index (χ0n) is 16.8. The topological polar surface area (TPSA) is 92.8 Å². The fourth-order valence-electron chi connectivity index (χ4n) is 3.31. The Kier molecular flexibility index (Phi) is 7.30. The Bertz CT molecular complexity index is 1070. The molecular weight excluding hydrogens is 447 g/mol. The fourth-order valence-corrected chi connectivity index (χ4v) is 4.99. The molecule has 1 heterocycles. The molecule has 166 valence electrons. The van der Waals surface area contributed by atoms with Gasteiger partial charge in [0, 0.05) is 19.0 Å². The minimum Gasteiger partial charge on any atom is -0.462 e. The first-order valence-electron chi connectivity index (χ1n) is 9.75. The maximum absolute atomic E-state index is 13.1. The van der Waals surface area contributed by atoms with E-state index in [9.17, 15) is 22.4 Å². The third-order valence-corrected chi connectivity index (χ3v) is 7.24. The largest absolute Gasteiger partial charge is 0.462 e. The quantitative estimate of drug-likeness (QED) is 0.652. The number of esters is 1. The van der Waals surface area contributed by atoms with E-state index in [2.05, 4.69) is 5.32 Å². The van der Waals surface area contributed by atoms with Crippen LogP contribution in [-0.4, -0.2) is 44.3 Å². The summed E-state index contributed by atoms with van der Waals surface area (Å²) in [5.74, 6) is -1.69. The normalized spacial score (nSPS) is 15.5. The Labute approximate surface area is 185 Å². The minimum absolute atomic E-state index is 0.0709. The van der Waals surface area contributed by atoms with Gasteiger partial charge < -0.3 is 10.1 Å². The third-order valence-electron chi connectivity index (χ3n) is 5.02. The van der Waals surface area contributed by atoms with Crippen LogP contribution in [0.25, 0.3) is 0 Å². The molecule has 0 aliphatic carbocycles. The minimum atomic E-state index is -3.75. The highest BCUT2D eigenvalue weighted by molar-refractivity contribution is 7.89. The van der Waals surface area contributed by atoms with Crippen LogP contribution in [0.15, 0.2) is 47.4 Å². The van der Waals surface area contributed by atoms with Gasteiger partial charge in [-0.25, -0.2) is 17.6 Å². The van der Waals surface area contributed by atoms with E-state index >= 15 is 0 Å². The number of hydrogen-bond donors (Lipinski definition) is 1. The van der Waals surface area contributed by atoms with Crippen LogP contribution in [-0.2, 0) is 19.6 Å². The maximum atomic E-state index is 13.1. The number of piperidine rings is 1. The van der Waals surface area contributed by atoms with Crippen molar-refractivity contribution in [2.24, 2.45) is 5.92 Å². The average molecular weight is 469 g/mol. The van der Waals surface area contributed by atoms with E-state index in [0.717, 1.165) is 6.07 Å². The number of benzene rings is 2. The number of nitrogens with zero attached hydrogens (tertiary/aromatic N) is 1. The molecule has 1 fully saturated rings. The second-order valence-corrected chi connectivity index (χ2v) is 9.38. The van der Waals surface area contributed by atoms with Crippen LogP contribution in [0.2, 0.25) is 5.02 Å². The number of halogens is 2. The molecule has 0 saturated carbocycles. The summed E-state index contributed by atoms with van der Waals surface area (Å²) in [7, 11) is -3.75. The molecule has 0 aromatic heterocycles. The molecule has 10 heteroatoms. The van der Waals surface area contributed by atoms with Crippen LogP contribution in [0.5, 0.6) is 0 Å². The van der Waals surface area contributed by atoms with Crippen molar-refractivity contribution in [3.05, 3.63) is 58.9 Å². The first-order chi connectivity index (χ1) is 14.7. The van der Waals surface area contributed by atoms with Gasteiger partial charge in [0.2, 0.25) is 15.9 Å². The molecule has 7 nitrogen and oxygen atoms in total. The first kappa shape index (κ1) is 23.2. The predicted octanol–water partition coefficient (Wildman–Crippen LogP) is 3.70. The highest BCUT2D eigenvalue weighted by Crippen LogP contribution is 2.27. The van der Waals surface area contributed by atoms with E-state index in [-0.39, 0.29) is 41.1 Å². The van der Waals surface area contributed by atoms with Crippen molar-refractivity contribution in [3.63, 3.8) is 0 Å². The van der Waals surface area contributed by atoms with Gasteiger partial charge in [-0.05, 0) is 62.2 Å². The molecule has 1 aliphatic rings. The number of rotatable bonds is 6. The van der Waals surface area contributed by atoms with Crippen molar-refractivity contribution >= 4 is 39.2 Å². The molecule has 0 atom stereocenters. The van der Waals surface area contributed by atoms with Crippen molar-refractivity contribution in [2.45, 2.75) is 24.7 Å². The van der Waals surface area contributed by atoms with Crippen molar-refractivity contribution < 1.29 is 27.1 Å². The highest BCUT2D eigenvalue weighted by Gasteiger charge is 2.32. The SMILES string of the molecule is CCOC(=O)c1ccc(S(=O)(=O)N2CCC(C(=O)Nc3ccc(F)cc3Cl)CC2)cc1. The summed E-state index contributed by atoms with van der Waals surface area (Å²) >= 11 is 5.94. The van der Waals surface area contributed by atoms with Gasteiger partial charge in [-0.2, -0.15) is 4.31 Å². The number of carbonyl (C=O) groups excluding carboxylic acids is 2. The zero-order valence-corrected chi connectivity index (χ0v) is 18.4. The summed E-state index contributed by atoms with van der Waals surface area (Å²) in [5.41, 5.74) is 0.584. The van der Waals surface area contributed by atoms with E-state index in [0.29, 0.717) is 18.5 Å². The molecule has 2 aromatic rings. The monoisotopic (exact) mass is 468 g/mol. The summed E-state index contributed by atoms with van der Waals surface area (Å²) < 4.78 is 45.2. The lowest BCUT2D eigenvalue weighted by atomic mass is 9.97. The molecule has 1 amide bonds. The van der Waals surface area contributed by atoms with E-state index in [1.807, 2.05) is 0 Å². The number of carbonyl (C=O) groups is 2. The van der Waals surface area contributed by atoms with Crippen molar-refractivity contribution in [1.82, 2.24) is 4.31 Å². The second-order valence-electron chi connectivity index (χ2n) is 7.04. The van der Waals surface area contributed by atoms with Crippen LogP contribution < -0.4 is 5.32 Å². The Hall–Kier alpha value is -2.49. The summed E-state index contributed by atoms with van der Waals surface area (Å²) in [6.45, 7) is 2.28. The summed E-state index contributed by atoms with van der Waals surface area (Å²) in [5, 5.41) is 2.77. The Morgan fingerprint density at radius 3 is 2.39 bits per heavy atom. The summed E-state index contributed by atoms with van der Waals surface area (Å²) in [6.07, 6.45) is 0.676. The Balaban J connectivity index is 1.61. The smallest absolute Gasteiger partial charge is 0.338 e.